The lowest BCUT2D eigenvalue weighted by Gasteiger charge is -2.23. The van der Waals surface area contributed by atoms with E-state index in [0.717, 1.165) is 17.8 Å². The summed E-state index contributed by atoms with van der Waals surface area (Å²) < 4.78 is 10.8. The monoisotopic (exact) mass is 507 g/mol. The van der Waals surface area contributed by atoms with Crippen LogP contribution in [0.2, 0.25) is 0 Å². The molecule has 9 nitrogen and oxygen atoms in total. The van der Waals surface area contributed by atoms with Gasteiger partial charge in [-0.1, -0.05) is 30.4 Å². The van der Waals surface area contributed by atoms with E-state index in [1.807, 2.05) is 6.92 Å². The molecule has 1 aliphatic heterocycles. The zero-order valence-corrected chi connectivity index (χ0v) is 20.9. The molecule has 0 aliphatic carbocycles. The lowest BCUT2D eigenvalue weighted by atomic mass is 9.95. The van der Waals surface area contributed by atoms with Crippen LogP contribution in [0.1, 0.15) is 52.8 Å². The fourth-order valence-corrected chi connectivity index (χ4v) is 4.84. The van der Waals surface area contributed by atoms with Crippen LogP contribution in [0.3, 0.4) is 0 Å². The van der Waals surface area contributed by atoms with Crippen molar-refractivity contribution in [2.45, 2.75) is 33.2 Å². The first kappa shape index (κ1) is 25.1. The highest BCUT2D eigenvalue weighted by molar-refractivity contribution is 7.17. The number of carbonyl (C=O) groups is 3. The van der Waals surface area contributed by atoms with Crippen LogP contribution in [0.5, 0.6) is 5.75 Å². The first-order valence-corrected chi connectivity index (χ1v) is 12.3. The van der Waals surface area contributed by atoms with Crippen molar-refractivity contribution >= 4 is 39.9 Å². The smallest absolute Gasteiger partial charge is 0.350 e. The van der Waals surface area contributed by atoms with Crippen molar-refractivity contribution in [1.29, 1.82) is 0 Å². The number of aryl methyl sites for hydroxylation is 1. The zero-order valence-electron chi connectivity index (χ0n) is 20.1. The molecule has 3 heterocycles. The van der Waals surface area contributed by atoms with E-state index < -0.39 is 23.7 Å². The van der Waals surface area contributed by atoms with Gasteiger partial charge < -0.3 is 14.6 Å². The van der Waals surface area contributed by atoms with Crippen LogP contribution in [0.25, 0.3) is 5.76 Å². The normalized spacial score (nSPS) is 16.9. The van der Waals surface area contributed by atoms with Crippen molar-refractivity contribution in [3.63, 3.8) is 0 Å². The van der Waals surface area contributed by atoms with Gasteiger partial charge in [0.25, 0.3) is 5.78 Å². The molecule has 0 saturated carbocycles. The molecule has 0 spiro atoms. The van der Waals surface area contributed by atoms with E-state index in [1.54, 1.807) is 50.2 Å². The summed E-state index contributed by atoms with van der Waals surface area (Å²) in [6, 6.07) is 9.09. The number of rotatable bonds is 8. The lowest BCUT2D eigenvalue weighted by molar-refractivity contribution is -0.132. The van der Waals surface area contributed by atoms with Crippen molar-refractivity contribution < 1.29 is 29.0 Å². The summed E-state index contributed by atoms with van der Waals surface area (Å²) in [5, 5.41) is 11.3. The summed E-state index contributed by atoms with van der Waals surface area (Å²) in [5.41, 5.74) is 1.21. The lowest BCUT2D eigenvalue weighted by Crippen LogP contribution is -2.29. The van der Waals surface area contributed by atoms with Gasteiger partial charge in [0, 0.05) is 18.0 Å². The van der Waals surface area contributed by atoms with Crippen LogP contribution in [0.15, 0.2) is 54.4 Å². The predicted molar refractivity (Wildman–Crippen MR) is 134 cm³/mol. The van der Waals surface area contributed by atoms with Gasteiger partial charge in [-0.15, -0.1) is 0 Å². The number of carbonyl (C=O) groups excluding carboxylic acids is 3. The standard InChI is InChI=1S/C26H25N3O6S/c1-4-14-35-18-8-6-16(7-9-18)20-19(21(30)17-10-12-27-13-11-17)22(31)24(32)29(20)26-28-15(3)23(36-26)25(33)34-5-2/h6-13,20,30H,4-5,14H2,1-3H3/b21-19+. The number of pyridine rings is 1. The van der Waals surface area contributed by atoms with E-state index in [4.69, 9.17) is 9.47 Å². The van der Waals surface area contributed by atoms with Gasteiger partial charge in [-0.25, -0.2) is 9.78 Å². The van der Waals surface area contributed by atoms with Crippen LogP contribution >= 0.6 is 11.3 Å². The summed E-state index contributed by atoms with van der Waals surface area (Å²) in [7, 11) is 0. The van der Waals surface area contributed by atoms with Gasteiger partial charge in [0.1, 0.15) is 16.4 Å². The molecule has 1 N–H and O–H groups in total. The highest BCUT2D eigenvalue weighted by Gasteiger charge is 2.48. The summed E-state index contributed by atoms with van der Waals surface area (Å²) in [4.78, 5) is 48.8. The highest BCUT2D eigenvalue weighted by atomic mass is 32.1. The predicted octanol–water partition coefficient (Wildman–Crippen LogP) is 4.44. The summed E-state index contributed by atoms with van der Waals surface area (Å²) in [5.74, 6) is -1.95. The number of esters is 1. The fourth-order valence-electron chi connectivity index (χ4n) is 3.85. The molecule has 0 bridgehead atoms. The van der Waals surface area contributed by atoms with Crippen molar-refractivity contribution in [2.75, 3.05) is 18.1 Å². The summed E-state index contributed by atoms with van der Waals surface area (Å²) >= 11 is 0.961. The Morgan fingerprint density at radius 3 is 2.44 bits per heavy atom. The zero-order chi connectivity index (χ0) is 25.8. The van der Waals surface area contributed by atoms with Crippen LogP contribution < -0.4 is 9.64 Å². The Morgan fingerprint density at radius 2 is 1.81 bits per heavy atom. The van der Waals surface area contributed by atoms with Gasteiger partial charge >= 0.3 is 11.9 Å². The SMILES string of the molecule is CCCOc1ccc(C2/C(=C(\O)c3ccncc3)C(=O)C(=O)N2c2nc(C)c(C(=O)OCC)s2)cc1. The number of thiazole rings is 1. The highest BCUT2D eigenvalue weighted by Crippen LogP contribution is 2.44. The Hall–Kier alpha value is -4.05. The number of benzene rings is 1. The number of amides is 1. The second-order valence-electron chi connectivity index (χ2n) is 7.95. The number of Topliss-reactive ketones (excluding diaryl/α,β-unsaturated/α-hetero) is 1. The molecule has 1 fully saturated rings. The molecule has 1 atom stereocenters. The molecular formula is C26H25N3O6S. The Kier molecular flexibility index (Phi) is 7.44. The number of aliphatic hydroxyl groups excluding tert-OH is 1. The molecule has 36 heavy (non-hydrogen) atoms. The van der Waals surface area contributed by atoms with Crippen molar-refractivity contribution in [3.05, 3.63) is 76.1 Å². The molecule has 4 rings (SSSR count). The molecule has 3 aromatic rings. The molecule has 1 amide bonds. The largest absolute Gasteiger partial charge is 0.507 e. The number of hydrogen-bond donors (Lipinski definition) is 1. The van der Waals surface area contributed by atoms with Gasteiger partial charge in [0.2, 0.25) is 0 Å². The number of anilines is 1. The third kappa shape index (κ3) is 4.72. The molecule has 1 saturated heterocycles. The Labute approximate surface area is 212 Å². The molecule has 186 valence electrons. The second kappa shape index (κ2) is 10.7. The summed E-state index contributed by atoms with van der Waals surface area (Å²) in [6.07, 6.45) is 3.81. The first-order chi connectivity index (χ1) is 17.4. The Bertz CT molecular complexity index is 1320. The van der Waals surface area contributed by atoms with Gasteiger partial charge in [-0.05, 0) is 50.1 Å². The van der Waals surface area contributed by atoms with Gasteiger partial charge in [0.05, 0.1) is 30.5 Å². The van der Waals surface area contributed by atoms with Crippen molar-refractivity contribution in [1.82, 2.24) is 9.97 Å². The molecule has 1 aromatic carbocycles. The van der Waals surface area contributed by atoms with Crippen molar-refractivity contribution in [2.24, 2.45) is 0 Å². The van der Waals surface area contributed by atoms with Gasteiger partial charge in [-0.3, -0.25) is 19.5 Å². The molecule has 10 heteroatoms. The average molecular weight is 508 g/mol. The maximum Gasteiger partial charge on any atom is 0.350 e. The minimum atomic E-state index is -0.973. The quantitative estimate of drug-likeness (QED) is 0.206. The topological polar surface area (TPSA) is 119 Å². The Balaban J connectivity index is 1.86. The number of aromatic nitrogens is 2. The fraction of sp³-hybridized carbons (Fsp3) is 0.269. The van der Waals surface area contributed by atoms with Crippen LogP contribution in [-0.4, -0.2) is 45.9 Å². The van der Waals surface area contributed by atoms with E-state index in [2.05, 4.69) is 9.97 Å². The average Bonchev–Trinajstić information content (AvgIpc) is 3.40. The summed E-state index contributed by atoms with van der Waals surface area (Å²) in [6.45, 7) is 6.07. The molecule has 1 aliphatic rings. The molecular weight excluding hydrogens is 482 g/mol. The van der Waals surface area contributed by atoms with E-state index >= 15 is 0 Å². The van der Waals surface area contributed by atoms with E-state index in [-0.39, 0.29) is 27.9 Å². The van der Waals surface area contributed by atoms with E-state index in [0.29, 0.717) is 29.2 Å². The minimum absolute atomic E-state index is 0.0843. The first-order valence-electron chi connectivity index (χ1n) is 11.5. The van der Waals surface area contributed by atoms with Crippen LogP contribution in [0, 0.1) is 6.92 Å². The molecule has 2 aromatic heterocycles. The Morgan fingerprint density at radius 1 is 1.11 bits per heavy atom. The number of ether oxygens (including phenoxy) is 2. The minimum Gasteiger partial charge on any atom is -0.507 e. The van der Waals surface area contributed by atoms with Gasteiger partial charge in [0.15, 0.2) is 5.13 Å². The van der Waals surface area contributed by atoms with E-state index in [9.17, 15) is 19.5 Å². The number of hydrogen-bond acceptors (Lipinski definition) is 9. The molecule has 0 radical (unpaired) electrons. The molecule has 1 unspecified atom stereocenters. The maximum atomic E-state index is 13.3. The number of ketones is 1. The number of nitrogens with zero attached hydrogens (tertiary/aromatic N) is 3. The maximum absolute atomic E-state index is 13.3. The number of aliphatic hydroxyl groups is 1. The van der Waals surface area contributed by atoms with Crippen LogP contribution in [0.4, 0.5) is 5.13 Å². The van der Waals surface area contributed by atoms with Crippen LogP contribution in [-0.2, 0) is 14.3 Å². The second-order valence-corrected chi connectivity index (χ2v) is 8.93. The van der Waals surface area contributed by atoms with Gasteiger partial charge in [-0.2, -0.15) is 0 Å². The third-order valence-corrected chi connectivity index (χ3v) is 6.66. The third-order valence-electron chi connectivity index (χ3n) is 5.52. The van der Waals surface area contributed by atoms with E-state index in [1.165, 1.54) is 17.3 Å². The van der Waals surface area contributed by atoms with Crippen molar-refractivity contribution in [3.8, 4) is 5.75 Å².